The summed E-state index contributed by atoms with van der Waals surface area (Å²) >= 11 is 7.57. The summed E-state index contributed by atoms with van der Waals surface area (Å²) in [5, 5.41) is 4.11. The molecule has 5 heteroatoms. The SMILES string of the molecule is CC(N=C1NSc2cc(Cl)ccc2N1)C1CCCCC1. The lowest BCUT2D eigenvalue weighted by Crippen LogP contribution is -2.32. The Morgan fingerprint density at radius 1 is 1.30 bits per heavy atom. The normalized spacial score (nSPS) is 22.8. The van der Waals surface area contributed by atoms with Gasteiger partial charge >= 0.3 is 0 Å². The zero-order valence-corrected chi connectivity index (χ0v) is 13.2. The van der Waals surface area contributed by atoms with Crippen LogP contribution >= 0.6 is 23.5 Å². The average molecular weight is 310 g/mol. The Hall–Kier alpha value is -0.870. The van der Waals surface area contributed by atoms with Crippen LogP contribution in [0, 0.1) is 5.92 Å². The fraction of sp³-hybridized carbons (Fsp3) is 0.533. The van der Waals surface area contributed by atoms with Crippen LogP contribution in [0.4, 0.5) is 5.69 Å². The van der Waals surface area contributed by atoms with Crippen LogP contribution in [0.5, 0.6) is 0 Å². The average Bonchev–Trinajstić information content (AvgIpc) is 2.48. The summed E-state index contributed by atoms with van der Waals surface area (Å²) in [6.07, 6.45) is 6.74. The lowest BCUT2D eigenvalue weighted by Gasteiger charge is -2.27. The number of nitrogens with zero attached hydrogens (tertiary/aromatic N) is 1. The van der Waals surface area contributed by atoms with E-state index in [1.807, 2.05) is 18.2 Å². The third-order valence-electron chi connectivity index (χ3n) is 4.12. The van der Waals surface area contributed by atoms with Crippen molar-refractivity contribution in [3.05, 3.63) is 23.2 Å². The fourth-order valence-corrected chi connectivity index (χ4v) is 3.89. The second-order valence-corrected chi connectivity index (χ2v) is 6.87. The van der Waals surface area contributed by atoms with Crippen molar-refractivity contribution in [2.24, 2.45) is 10.9 Å². The highest BCUT2D eigenvalue weighted by molar-refractivity contribution is 7.98. The van der Waals surface area contributed by atoms with Gasteiger partial charge in [0.1, 0.15) is 0 Å². The molecule has 3 nitrogen and oxygen atoms in total. The van der Waals surface area contributed by atoms with E-state index in [2.05, 4.69) is 17.0 Å². The number of anilines is 1. The number of halogens is 1. The van der Waals surface area contributed by atoms with Crippen LogP contribution in [0.1, 0.15) is 39.0 Å². The van der Waals surface area contributed by atoms with Crippen LogP contribution < -0.4 is 10.0 Å². The number of guanidine groups is 1. The van der Waals surface area contributed by atoms with E-state index >= 15 is 0 Å². The van der Waals surface area contributed by atoms with Crippen molar-refractivity contribution >= 4 is 35.2 Å². The summed E-state index contributed by atoms with van der Waals surface area (Å²) in [5.41, 5.74) is 1.08. The molecule has 1 saturated carbocycles. The molecule has 1 heterocycles. The minimum absolute atomic E-state index is 0.375. The van der Waals surface area contributed by atoms with Crippen molar-refractivity contribution in [2.45, 2.75) is 50.0 Å². The quantitative estimate of drug-likeness (QED) is 0.778. The van der Waals surface area contributed by atoms with E-state index in [9.17, 15) is 0 Å². The van der Waals surface area contributed by atoms with Gasteiger partial charge in [0, 0.05) is 5.02 Å². The molecular formula is C15H20ClN3S. The summed E-state index contributed by atoms with van der Waals surface area (Å²) in [4.78, 5) is 5.93. The summed E-state index contributed by atoms with van der Waals surface area (Å²) < 4.78 is 3.27. The zero-order chi connectivity index (χ0) is 13.9. The monoisotopic (exact) mass is 309 g/mol. The summed E-state index contributed by atoms with van der Waals surface area (Å²) in [5.74, 6) is 1.60. The molecule has 0 saturated heterocycles. The Balaban J connectivity index is 1.69. The summed E-state index contributed by atoms with van der Waals surface area (Å²) in [6, 6.07) is 6.25. The van der Waals surface area contributed by atoms with Crippen molar-refractivity contribution in [1.29, 1.82) is 0 Å². The minimum atomic E-state index is 0.375. The lowest BCUT2D eigenvalue weighted by atomic mass is 9.85. The Bertz CT molecular complexity index is 512. The van der Waals surface area contributed by atoms with Crippen molar-refractivity contribution in [3.8, 4) is 0 Å². The number of rotatable bonds is 2. The van der Waals surface area contributed by atoms with E-state index in [4.69, 9.17) is 16.6 Å². The first-order chi connectivity index (χ1) is 9.72. The Labute approximate surface area is 129 Å². The van der Waals surface area contributed by atoms with Crippen molar-refractivity contribution in [3.63, 3.8) is 0 Å². The number of fused-ring (bicyclic) bond motifs is 1. The molecule has 2 N–H and O–H groups in total. The Morgan fingerprint density at radius 3 is 2.90 bits per heavy atom. The third kappa shape index (κ3) is 3.23. The molecule has 1 aromatic carbocycles. The smallest absolute Gasteiger partial charge is 0.206 e. The number of hydrogen-bond donors (Lipinski definition) is 2. The molecule has 1 fully saturated rings. The number of aliphatic imine (C=N–C) groups is 1. The first kappa shape index (κ1) is 14.1. The second kappa shape index (κ2) is 6.27. The van der Waals surface area contributed by atoms with E-state index in [1.165, 1.54) is 32.1 Å². The molecular weight excluding hydrogens is 290 g/mol. The van der Waals surface area contributed by atoms with Gasteiger partial charge in [0.15, 0.2) is 0 Å². The van der Waals surface area contributed by atoms with Crippen LogP contribution in [-0.4, -0.2) is 12.0 Å². The Kier molecular flexibility index (Phi) is 4.41. The highest BCUT2D eigenvalue weighted by Crippen LogP contribution is 2.32. The van der Waals surface area contributed by atoms with Gasteiger partial charge in [-0.2, -0.15) is 0 Å². The Morgan fingerprint density at radius 2 is 2.10 bits per heavy atom. The molecule has 108 valence electrons. The summed E-state index contributed by atoms with van der Waals surface area (Å²) in [7, 11) is 0. The molecule has 1 aromatic rings. The largest absolute Gasteiger partial charge is 0.325 e. The molecule has 1 unspecified atom stereocenters. The van der Waals surface area contributed by atoms with Crippen LogP contribution in [0.3, 0.4) is 0 Å². The van der Waals surface area contributed by atoms with Gasteiger partial charge in [0.05, 0.1) is 16.6 Å². The van der Waals surface area contributed by atoms with Gasteiger partial charge in [-0.1, -0.05) is 30.9 Å². The van der Waals surface area contributed by atoms with Gasteiger partial charge in [-0.15, -0.1) is 0 Å². The first-order valence-corrected chi connectivity index (χ1v) is 8.49. The van der Waals surface area contributed by atoms with Crippen molar-refractivity contribution in [1.82, 2.24) is 4.72 Å². The molecule has 0 radical (unpaired) electrons. The van der Waals surface area contributed by atoms with Crippen molar-refractivity contribution < 1.29 is 0 Å². The maximum Gasteiger partial charge on any atom is 0.206 e. The summed E-state index contributed by atoms with van der Waals surface area (Å²) in [6.45, 7) is 2.23. The molecule has 1 aliphatic heterocycles. The predicted octanol–water partition coefficient (Wildman–Crippen LogP) is 4.69. The molecule has 0 spiro atoms. The third-order valence-corrected chi connectivity index (χ3v) is 5.21. The van der Waals surface area contributed by atoms with E-state index in [1.54, 1.807) is 11.9 Å². The zero-order valence-electron chi connectivity index (χ0n) is 11.7. The minimum Gasteiger partial charge on any atom is -0.325 e. The van der Waals surface area contributed by atoms with Gasteiger partial charge in [-0.05, 0) is 55.8 Å². The maximum absolute atomic E-state index is 6.00. The molecule has 0 aromatic heterocycles. The highest BCUT2D eigenvalue weighted by Gasteiger charge is 2.21. The second-order valence-electron chi connectivity index (χ2n) is 5.59. The number of benzene rings is 1. The topological polar surface area (TPSA) is 36.4 Å². The standard InChI is InChI=1S/C15H20ClN3S/c1-10(11-5-3-2-4-6-11)17-15-18-13-8-7-12(16)9-14(13)20-19-15/h7-11H,2-6H2,1H3,(H2,17,18,19). The van der Waals surface area contributed by atoms with Crippen LogP contribution in [-0.2, 0) is 0 Å². The van der Waals surface area contributed by atoms with Crippen LogP contribution in [0.2, 0.25) is 5.02 Å². The molecule has 0 amide bonds. The molecule has 2 aliphatic rings. The van der Waals surface area contributed by atoms with Gasteiger partial charge in [-0.25, -0.2) is 4.99 Å². The maximum atomic E-state index is 6.00. The number of nitrogens with one attached hydrogen (secondary N) is 2. The van der Waals surface area contributed by atoms with Gasteiger partial charge in [0.25, 0.3) is 0 Å². The van der Waals surface area contributed by atoms with Gasteiger partial charge in [0.2, 0.25) is 5.96 Å². The van der Waals surface area contributed by atoms with E-state index in [-0.39, 0.29) is 0 Å². The fourth-order valence-electron chi connectivity index (χ4n) is 2.92. The van der Waals surface area contributed by atoms with Gasteiger partial charge in [-0.3, -0.25) is 4.72 Å². The van der Waals surface area contributed by atoms with Crippen LogP contribution in [0.15, 0.2) is 28.1 Å². The molecule has 20 heavy (non-hydrogen) atoms. The number of hydrogen-bond acceptors (Lipinski definition) is 2. The van der Waals surface area contributed by atoms with E-state index in [0.717, 1.165) is 27.5 Å². The van der Waals surface area contributed by atoms with Crippen LogP contribution in [0.25, 0.3) is 0 Å². The predicted molar refractivity (Wildman–Crippen MR) is 87.5 cm³/mol. The van der Waals surface area contributed by atoms with Gasteiger partial charge < -0.3 is 5.32 Å². The van der Waals surface area contributed by atoms with E-state index in [0.29, 0.717) is 6.04 Å². The lowest BCUT2D eigenvalue weighted by molar-refractivity contribution is 0.317. The highest BCUT2D eigenvalue weighted by atomic mass is 35.5. The van der Waals surface area contributed by atoms with E-state index < -0.39 is 0 Å². The molecule has 1 aliphatic carbocycles. The molecule has 1 atom stereocenters. The molecule has 0 bridgehead atoms. The first-order valence-electron chi connectivity index (χ1n) is 7.29. The van der Waals surface area contributed by atoms with Crippen molar-refractivity contribution in [2.75, 3.05) is 5.32 Å². The molecule has 3 rings (SSSR count).